The van der Waals surface area contributed by atoms with Crippen LogP contribution in [0.2, 0.25) is 0 Å². The molecule has 3 N–H and O–H groups in total. The number of carbonyl (C=O) groups is 1. The van der Waals surface area contributed by atoms with Gasteiger partial charge in [0.2, 0.25) is 0 Å². The quantitative estimate of drug-likeness (QED) is 0.775. The third-order valence-electron chi connectivity index (χ3n) is 3.55. The predicted octanol–water partition coefficient (Wildman–Crippen LogP) is 2.51. The fourth-order valence-corrected chi connectivity index (χ4v) is 2.47. The molecule has 1 aliphatic carbocycles. The van der Waals surface area contributed by atoms with Crippen LogP contribution < -0.4 is 15.4 Å². The summed E-state index contributed by atoms with van der Waals surface area (Å²) in [5, 5.41) is 15.7. The van der Waals surface area contributed by atoms with Crippen LogP contribution in [0.1, 0.15) is 32.6 Å². The number of amides is 2. The first-order chi connectivity index (χ1) is 9.63. The molecular weight excluding hydrogens is 256 g/mol. The van der Waals surface area contributed by atoms with Gasteiger partial charge in [0, 0.05) is 6.54 Å². The molecule has 2 rings (SSSR count). The Morgan fingerprint density at radius 1 is 1.35 bits per heavy atom. The van der Waals surface area contributed by atoms with Gasteiger partial charge in [0.05, 0.1) is 17.9 Å². The highest BCUT2D eigenvalue weighted by atomic mass is 16.5. The third-order valence-corrected chi connectivity index (χ3v) is 3.55. The molecule has 1 aliphatic rings. The highest BCUT2D eigenvalue weighted by molar-refractivity contribution is 5.90. The van der Waals surface area contributed by atoms with Gasteiger partial charge in [-0.05, 0) is 31.9 Å². The van der Waals surface area contributed by atoms with Gasteiger partial charge in [-0.1, -0.05) is 25.0 Å². The number of anilines is 1. The maximum Gasteiger partial charge on any atom is 0.319 e. The van der Waals surface area contributed by atoms with E-state index < -0.39 is 5.60 Å². The fraction of sp³-hybridized carbons (Fsp3) is 0.533. The maximum absolute atomic E-state index is 11.9. The first-order valence-corrected chi connectivity index (χ1v) is 7.12. The highest BCUT2D eigenvalue weighted by Crippen LogP contribution is 2.28. The van der Waals surface area contributed by atoms with E-state index in [4.69, 9.17) is 4.74 Å². The minimum Gasteiger partial charge on any atom is -0.492 e. The van der Waals surface area contributed by atoms with Gasteiger partial charge < -0.3 is 20.5 Å². The zero-order chi connectivity index (χ0) is 14.4. The average Bonchev–Trinajstić information content (AvgIpc) is 2.87. The zero-order valence-electron chi connectivity index (χ0n) is 11.8. The monoisotopic (exact) mass is 278 g/mol. The Morgan fingerprint density at radius 2 is 2.05 bits per heavy atom. The lowest BCUT2D eigenvalue weighted by Crippen LogP contribution is -2.42. The van der Waals surface area contributed by atoms with Crippen LogP contribution in [-0.4, -0.2) is 29.9 Å². The van der Waals surface area contributed by atoms with E-state index in [1.165, 1.54) is 0 Å². The number of nitrogens with one attached hydrogen (secondary N) is 2. The minimum atomic E-state index is -0.739. The second-order valence-corrected chi connectivity index (χ2v) is 5.17. The number of hydrogen-bond donors (Lipinski definition) is 3. The molecule has 0 saturated heterocycles. The molecule has 0 atom stereocenters. The van der Waals surface area contributed by atoms with Crippen LogP contribution in [0.25, 0.3) is 0 Å². The average molecular weight is 278 g/mol. The van der Waals surface area contributed by atoms with Crippen LogP contribution in [0, 0.1) is 0 Å². The molecule has 0 spiro atoms. The van der Waals surface area contributed by atoms with E-state index in [-0.39, 0.29) is 12.6 Å². The molecule has 5 heteroatoms. The molecule has 110 valence electrons. The van der Waals surface area contributed by atoms with Crippen molar-refractivity contribution in [2.24, 2.45) is 0 Å². The van der Waals surface area contributed by atoms with E-state index in [2.05, 4.69) is 10.6 Å². The number of carbonyl (C=O) groups excluding carboxylic acids is 1. The second kappa shape index (κ2) is 6.61. The fourth-order valence-electron chi connectivity index (χ4n) is 2.47. The Labute approximate surface area is 119 Å². The summed E-state index contributed by atoms with van der Waals surface area (Å²) < 4.78 is 5.44. The van der Waals surface area contributed by atoms with Gasteiger partial charge in [0.25, 0.3) is 0 Å². The van der Waals surface area contributed by atoms with Crippen LogP contribution in [0.5, 0.6) is 5.75 Å². The Hall–Kier alpha value is -1.75. The second-order valence-electron chi connectivity index (χ2n) is 5.17. The molecule has 0 heterocycles. The number of urea groups is 1. The van der Waals surface area contributed by atoms with Crippen LogP contribution >= 0.6 is 0 Å². The van der Waals surface area contributed by atoms with E-state index >= 15 is 0 Å². The molecule has 0 radical (unpaired) electrons. The van der Waals surface area contributed by atoms with Gasteiger partial charge in [-0.25, -0.2) is 4.79 Å². The zero-order valence-corrected chi connectivity index (χ0v) is 11.8. The smallest absolute Gasteiger partial charge is 0.319 e. The Bertz CT molecular complexity index is 456. The van der Waals surface area contributed by atoms with Crippen LogP contribution in [0.3, 0.4) is 0 Å². The van der Waals surface area contributed by atoms with E-state index in [9.17, 15) is 9.90 Å². The summed E-state index contributed by atoms with van der Waals surface area (Å²) in [6, 6.07) is 6.97. The van der Waals surface area contributed by atoms with Gasteiger partial charge in [-0.2, -0.15) is 0 Å². The number of aliphatic hydroxyl groups is 1. The molecule has 0 bridgehead atoms. The summed E-state index contributed by atoms with van der Waals surface area (Å²) in [5.41, 5.74) is -0.109. The molecule has 1 saturated carbocycles. The molecule has 1 aromatic rings. The van der Waals surface area contributed by atoms with Crippen LogP contribution in [-0.2, 0) is 0 Å². The summed E-state index contributed by atoms with van der Waals surface area (Å²) >= 11 is 0. The first kappa shape index (κ1) is 14.7. The molecule has 0 aliphatic heterocycles. The largest absolute Gasteiger partial charge is 0.492 e. The van der Waals surface area contributed by atoms with Gasteiger partial charge in [-0.3, -0.25) is 0 Å². The molecule has 2 amide bonds. The van der Waals surface area contributed by atoms with Crippen molar-refractivity contribution in [2.45, 2.75) is 38.2 Å². The molecule has 0 unspecified atom stereocenters. The molecule has 5 nitrogen and oxygen atoms in total. The Balaban J connectivity index is 1.88. The number of hydrogen-bond acceptors (Lipinski definition) is 3. The van der Waals surface area contributed by atoms with Crippen molar-refractivity contribution in [3.8, 4) is 5.75 Å². The standard InChI is InChI=1S/C15H22N2O3/c1-2-20-13-8-4-3-7-12(13)17-14(18)16-11-15(19)9-5-6-10-15/h3-4,7-8,19H,2,5-6,9-11H2,1H3,(H2,16,17,18). The normalized spacial score (nSPS) is 16.7. The molecular formula is C15H22N2O3. The summed E-state index contributed by atoms with van der Waals surface area (Å²) in [6.45, 7) is 2.72. The van der Waals surface area contributed by atoms with E-state index in [0.29, 0.717) is 18.0 Å². The number of ether oxygens (including phenoxy) is 1. The summed E-state index contributed by atoms with van der Waals surface area (Å²) in [7, 11) is 0. The van der Waals surface area contributed by atoms with E-state index in [1.54, 1.807) is 6.07 Å². The van der Waals surface area contributed by atoms with E-state index in [0.717, 1.165) is 25.7 Å². The van der Waals surface area contributed by atoms with Crippen molar-refractivity contribution in [2.75, 3.05) is 18.5 Å². The van der Waals surface area contributed by atoms with E-state index in [1.807, 2.05) is 25.1 Å². The number of benzene rings is 1. The number of para-hydroxylation sites is 2. The summed E-state index contributed by atoms with van der Waals surface area (Å²) in [5.74, 6) is 0.643. The summed E-state index contributed by atoms with van der Waals surface area (Å²) in [6.07, 6.45) is 3.55. The third kappa shape index (κ3) is 3.87. The van der Waals surface area contributed by atoms with Crippen LogP contribution in [0.4, 0.5) is 10.5 Å². The van der Waals surface area contributed by atoms with Gasteiger partial charge in [0.1, 0.15) is 5.75 Å². The van der Waals surface area contributed by atoms with Gasteiger partial charge in [-0.15, -0.1) is 0 Å². The first-order valence-electron chi connectivity index (χ1n) is 7.12. The Morgan fingerprint density at radius 3 is 2.75 bits per heavy atom. The summed E-state index contributed by atoms with van der Waals surface area (Å²) in [4.78, 5) is 11.9. The Kier molecular flexibility index (Phi) is 4.84. The van der Waals surface area contributed by atoms with Crippen molar-refractivity contribution in [3.05, 3.63) is 24.3 Å². The lowest BCUT2D eigenvalue weighted by Gasteiger charge is -2.22. The van der Waals surface area contributed by atoms with Crippen molar-refractivity contribution in [1.29, 1.82) is 0 Å². The van der Waals surface area contributed by atoms with Crippen molar-refractivity contribution >= 4 is 11.7 Å². The topological polar surface area (TPSA) is 70.6 Å². The lowest BCUT2D eigenvalue weighted by molar-refractivity contribution is 0.0506. The van der Waals surface area contributed by atoms with Gasteiger partial charge >= 0.3 is 6.03 Å². The highest BCUT2D eigenvalue weighted by Gasteiger charge is 2.31. The van der Waals surface area contributed by atoms with Gasteiger partial charge in [0.15, 0.2) is 0 Å². The van der Waals surface area contributed by atoms with Crippen LogP contribution in [0.15, 0.2) is 24.3 Å². The maximum atomic E-state index is 11.9. The SMILES string of the molecule is CCOc1ccccc1NC(=O)NCC1(O)CCCC1. The lowest BCUT2D eigenvalue weighted by atomic mass is 10.0. The van der Waals surface area contributed by atoms with Crippen molar-refractivity contribution in [3.63, 3.8) is 0 Å². The van der Waals surface area contributed by atoms with Crippen molar-refractivity contribution < 1.29 is 14.6 Å². The predicted molar refractivity (Wildman–Crippen MR) is 78.1 cm³/mol. The number of rotatable bonds is 5. The molecule has 20 heavy (non-hydrogen) atoms. The molecule has 1 aromatic carbocycles. The van der Waals surface area contributed by atoms with Crippen molar-refractivity contribution in [1.82, 2.24) is 5.32 Å². The molecule has 0 aromatic heterocycles. The molecule has 1 fully saturated rings. The minimum absolute atomic E-state index is 0.287.